The Morgan fingerprint density at radius 3 is 1.61 bits per heavy atom. The van der Waals surface area contributed by atoms with Crippen LogP contribution in [0.5, 0.6) is 0 Å². The minimum atomic E-state index is -0.0726. The fraction of sp³-hybridized carbons (Fsp3) is 0.455. The average molecular weight is 308 g/mol. The highest BCUT2D eigenvalue weighted by molar-refractivity contribution is 5.16. The monoisotopic (exact) mass is 308 g/mol. The summed E-state index contributed by atoms with van der Waals surface area (Å²) in [5.41, 5.74) is 3.29. The highest BCUT2D eigenvalue weighted by atomic mass is 16.3. The van der Waals surface area contributed by atoms with Gasteiger partial charge in [0.05, 0.1) is 6.10 Å². The normalized spacial score (nSPS) is 18.0. The first-order chi connectivity index (χ1) is 11.3. The molecule has 0 radical (unpaired) electrons. The van der Waals surface area contributed by atoms with Crippen LogP contribution in [0.1, 0.15) is 49.7 Å². The maximum atomic E-state index is 9.91. The van der Waals surface area contributed by atoms with E-state index in [1.807, 2.05) is 0 Å². The van der Waals surface area contributed by atoms with Crippen LogP contribution < -0.4 is 0 Å². The zero-order chi connectivity index (χ0) is 16.0. The number of aryl methyl sites for hydroxylation is 2. The topological polar surface area (TPSA) is 20.2 Å². The van der Waals surface area contributed by atoms with Crippen LogP contribution in [0.2, 0.25) is 0 Å². The van der Waals surface area contributed by atoms with Gasteiger partial charge in [-0.25, -0.2) is 0 Å². The minimum absolute atomic E-state index is 0.0726. The quantitative estimate of drug-likeness (QED) is 0.780. The molecule has 0 unspecified atom stereocenters. The van der Waals surface area contributed by atoms with Gasteiger partial charge in [0, 0.05) is 0 Å². The summed E-state index contributed by atoms with van der Waals surface area (Å²) in [6, 6.07) is 21.7. The van der Waals surface area contributed by atoms with Crippen molar-refractivity contribution in [2.75, 3.05) is 0 Å². The summed E-state index contributed by atoms with van der Waals surface area (Å²) in [5, 5.41) is 9.91. The predicted octanol–water partition coefficient (Wildman–Crippen LogP) is 5.17. The molecule has 0 aliphatic heterocycles. The van der Waals surface area contributed by atoms with Crippen molar-refractivity contribution in [3.63, 3.8) is 0 Å². The maximum absolute atomic E-state index is 9.91. The van der Waals surface area contributed by atoms with Gasteiger partial charge in [0.2, 0.25) is 0 Å². The second-order valence-electron chi connectivity index (χ2n) is 7.20. The van der Waals surface area contributed by atoms with E-state index in [9.17, 15) is 5.11 Å². The third kappa shape index (κ3) is 4.68. The highest BCUT2D eigenvalue weighted by Gasteiger charge is 2.34. The third-order valence-corrected chi connectivity index (χ3v) is 5.59. The van der Waals surface area contributed by atoms with Gasteiger partial charge in [0.25, 0.3) is 0 Å². The summed E-state index contributed by atoms with van der Waals surface area (Å²) in [5.74, 6) is 0. The fourth-order valence-electron chi connectivity index (χ4n) is 3.95. The van der Waals surface area contributed by atoms with Crippen molar-refractivity contribution in [2.45, 2.75) is 57.5 Å². The van der Waals surface area contributed by atoms with Gasteiger partial charge in [-0.2, -0.15) is 0 Å². The summed E-state index contributed by atoms with van der Waals surface area (Å²) in [6.07, 6.45) is 9.04. The number of aliphatic hydroxyl groups excluding tert-OH is 1. The van der Waals surface area contributed by atoms with E-state index in [-0.39, 0.29) is 6.10 Å². The van der Waals surface area contributed by atoms with Gasteiger partial charge >= 0.3 is 0 Å². The van der Waals surface area contributed by atoms with E-state index < -0.39 is 0 Å². The van der Waals surface area contributed by atoms with Gasteiger partial charge in [-0.15, -0.1) is 0 Å². The number of rotatable bonds is 6. The molecule has 0 spiro atoms. The standard InChI is InChI=1S/C22H28O/c23-21-13-17-22(18-14-21,15-11-19-7-3-1-4-8-19)16-12-20-9-5-2-6-10-20/h1-10,21,23H,11-18H2. The van der Waals surface area contributed by atoms with Gasteiger partial charge in [-0.05, 0) is 67.9 Å². The van der Waals surface area contributed by atoms with Crippen molar-refractivity contribution in [1.82, 2.24) is 0 Å². The third-order valence-electron chi connectivity index (χ3n) is 5.59. The van der Waals surface area contributed by atoms with E-state index in [0.717, 1.165) is 25.7 Å². The van der Waals surface area contributed by atoms with E-state index in [1.165, 1.54) is 36.8 Å². The molecule has 0 amide bonds. The molecule has 2 aromatic carbocycles. The van der Waals surface area contributed by atoms with Crippen LogP contribution in [0.15, 0.2) is 60.7 Å². The lowest BCUT2D eigenvalue weighted by Gasteiger charge is -2.39. The lowest BCUT2D eigenvalue weighted by Crippen LogP contribution is -2.31. The van der Waals surface area contributed by atoms with Crippen molar-refractivity contribution in [2.24, 2.45) is 5.41 Å². The van der Waals surface area contributed by atoms with E-state index in [2.05, 4.69) is 60.7 Å². The fourth-order valence-corrected chi connectivity index (χ4v) is 3.95. The Labute approximate surface area is 140 Å². The number of aliphatic hydroxyl groups is 1. The second-order valence-corrected chi connectivity index (χ2v) is 7.20. The van der Waals surface area contributed by atoms with Gasteiger partial charge in [0.15, 0.2) is 0 Å². The van der Waals surface area contributed by atoms with Crippen LogP contribution in [0.3, 0.4) is 0 Å². The molecule has 0 saturated heterocycles. The molecule has 3 rings (SSSR count). The minimum Gasteiger partial charge on any atom is -0.393 e. The molecule has 0 bridgehead atoms. The van der Waals surface area contributed by atoms with Crippen molar-refractivity contribution in [3.8, 4) is 0 Å². The SMILES string of the molecule is OC1CCC(CCc2ccccc2)(CCc2ccccc2)CC1. The predicted molar refractivity (Wildman–Crippen MR) is 96.4 cm³/mol. The summed E-state index contributed by atoms with van der Waals surface area (Å²) >= 11 is 0. The zero-order valence-electron chi connectivity index (χ0n) is 14.0. The lowest BCUT2D eigenvalue weighted by molar-refractivity contribution is 0.0523. The second kappa shape index (κ2) is 7.79. The van der Waals surface area contributed by atoms with Crippen LogP contribution in [0.25, 0.3) is 0 Å². The molecule has 1 N–H and O–H groups in total. The van der Waals surface area contributed by atoms with Crippen molar-refractivity contribution in [1.29, 1.82) is 0 Å². The molecule has 0 aromatic heterocycles. The molecule has 0 atom stereocenters. The first kappa shape index (κ1) is 16.3. The van der Waals surface area contributed by atoms with Crippen LogP contribution in [-0.4, -0.2) is 11.2 Å². The number of hydrogen-bond donors (Lipinski definition) is 1. The van der Waals surface area contributed by atoms with E-state index in [1.54, 1.807) is 0 Å². The summed E-state index contributed by atoms with van der Waals surface area (Å²) < 4.78 is 0. The van der Waals surface area contributed by atoms with Crippen molar-refractivity contribution < 1.29 is 5.11 Å². The Hall–Kier alpha value is -1.60. The van der Waals surface area contributed by atoms with Gasteiger partial charge in [0.1, 0.15) is 0 Å². The first-order valence-corrected chi connectivity index (χ1v) is 9.02. The lowest BCUT2D eigenvalue weighted by atomic mass is 9.67. The van der Waals surface area contributed by atoms with Crippen molar-refractivity contribution in [3.05, 3.63) is 71.8 Å². The van der Waals surface area contributed by atoms with Gasteiger partial charge in [-0.1, -0.05) is 60.7 Å². The molecule has 1 saturated carbocycles. The molecule has 1 aliphatic carbocycles. The molecule has 122 valence electrons. The zero-order valence-corrected chi connectivity index (χ0v) is 14.0. The largest absolute Gasteiger partial charge is 0.393 e. The van der Waals surface area contributed by atoms with Crippen LogP contribution in [0.4, 0.5) is 0 Å². The molecule has 1 nitrogen and oxygen atoms in total. The smallest absolute Gasteiger partial charge is 0.0540 e. The average Bonchev–Trinajstić information content (AvgIpc) is 2.62. The molecular weight excluding hydrogens is 280 g/mol. The Kier molecular flexibility index (Phi) is 5.51. The maximum Gasteiger partial charge on any atom is 0.0540 e. The highest BCUT2D eigenvalue weighted by Crippen LogP contribution is 2.44. The summed E-state index contributed by atoms with van der Waals surface area (Å²) in [4.78, 5) is 0. The molecule has 1 fully saturated rings. The Morgan fingerprint density at radius 1 is 0.739 bits per heavy atom. The number of benzene rings is 2. The van der Waals surface area contributed by atoms with Crippen molar-refractivity contribution >= 4 is 0 Å². The molecular formula is C22H28O. The Balaban J connectivity index is 1.64. The molecule has 1 heteroatoms. The van der Waals surface area contributed by atoms with E-state index in [0.29, 0.717) is 5.41 Å². The van der Waals surface area contributed by atoms with Gasteiger partial charge < -0.3 is 5.11 Å². The summed E-state index contributed by atoms with van der Waals surface area (Å²) in [6.45, 7) is 0. The molecule has 23 heavy (non-hydrogen) atoms. The molecule has 1 aliphatic rings. The van der Waals surface area contributed by atoms with E-state index >= 15 is 0 Å². The molecule has 2 aromatic rings. The van der Waals surface area contributed by atoms with Gasteiger partial charge in [-0.3, -0.25) is 0 Å². The van der Waals surface area contributed by atoms with E-state index in [4.69, 9.17) is 0 Å². The Bertz CT molecular complexity index is 522. The Morgan fingerprint density at radius 2 is 1.17 bits per heavy atom. The summed E-state index contributed by atoms with van der Waals surface area (Å²) in [7, 11) is 0. The van der Waals surface area contributed by atoms with Crippen LogP contribution >= 0.6 is 0 Å². The van der Waals surface area contributed by atoms with Crippen LogP contribution in [-0.2, 0) is 12.8 Å². The van der Waals surface area contributed by atoms with Crippen LogP contribution in [0, 0.1) is 5.41 Å². The molecule has 0 heterocycles. The first-order valence-electron chi connectivity index (χ1n) is 9.02. The number of hydrogen-bond acceptors (Lipinski definition) is 1.